The molecule has 0 aromatic heterocycles. The molecule has 0 bridgehead atoms. The first kappa shape index (κ1) is 9.52. The maximum atomic E-state index is 11.2. The number of epoxide rings is 1. The van der Waals surface area contributed by atoms with Crippen molar-refractivity contribution in [1.82, 2.24) is 0 Å². The van der Waals surface area contributed by atoms with Crippen LogP contribution in [0.25, 0.3) is 0 Å². The van der Waals surface area contributed by atoms with E-state index in [9.17, 15) is 4.79 Å². The minimum atomic E-state index is -0.111. The smallest absolute Gasteiger partial charge is 0.308 e. The monoisotopic (exact) mass is 172 g/mol. The minimum absolute atomic E-state index is 0.00574. The molecule has 12 heavy (non-hydrogen) atoms. The number of ether oxygens (including phenoxy) is 2. The highest BCUT2D eigenvalue weighted by Crippen LogP contribution is 2.18. The maximum Gasteiger partial charge on any atom is 0.308 e. The van der Waals surface area contributed by atoms with Crippen molar-refractivity contribution in [3.8, 4) is 0 Å². The summed E-state index contributed by atoms with van der Waals surface area (Å²) in [6.07, 6.45) is 0.904. The zero-order valence-electron chi connectivity index (χ0n) is 7.87. The Labute approximate surface area is 73.0 Å². The highest BCUT2D eigenvalue weighted by molar-refractivity contribution is 5.72. The van der Waals surface area contributed by atoms with Crippen LogP contribution in [0.5, 0.6) is 0 Å². The van der Waals surface area contributed by atoms with Gasteiger partial charge in [0.1, 0.15) is 12.2 Å². The third-order valence-corrected chi connectivity index (χ3v) is 2.20. The molecule has 0 saturated carbocycles. The minimum Gasteiger partial charge on any atom is -0.460 e. The second kappa shape index (κ2) is 3.90. The Bertz CT molecular complexity index is 163. The van der Waals surface area contributed by atoms with Crippen LogP contribution in [0.2, 0.25) is 0 Å². The first-order chi connectivity index (χ1) is 5.65. The normalized spacial score (nSPS) is 26.1. The fourth-order valence-electron chi connectivity index (χ4n) is 0.868. The molecule has 3 atom stereocenters. The molecule has 1 rings (SSSR count). The van der Waals surface area contributed by atoms with Crippen molar-refractivity contribution < 1.29 is 14.3 Å². The van der Waals surface area contributed by atoms with Crippen LogP contribution in [0.15, 0.2) is 0 Å². The predicted octanol–water partition coefficient (Wildman–Crippen LogP) is 1.36. The molecule has 3 nitrogen and oxygen atoms in total. The van der Waals surface area contributed by atoms with Crippen LogP contribution in [0.1, 0.15) is 27.2 Å². The van der Waals surface area contributed by atoms with E-state index in [0.29, 0.717) is 0 Å². The van der Waals surface area contributed by atoms with Gasteiger partial charge in [-0.15, -0.1) is 0 Å². The molecule has 0 aliphatic carbocycles. The molecule has 1 aliphatic heterocycles. The molecule has 3 unspecified atom stereocenters. The Morgan fingerprint density at radius 1 is 1.67 bits per heavy atom. The van der Waals surface area contributed by atoms with Gasteiger partial charge in [0.05, 0.1) is 12.5 Å². The maximum absolute atomic E-state index is 11.2. The summed E-state index contributed by atoms with van der Waals surface area (Å²) >= 11 is 0. The first-order valence-electron chi connectivity index (χ1n) is 4.47. The standard InChI is InChI=1S/C9H16O3/c1-4-6(2)9(10)12-7(3)8-5-11-8/h6-8H,4-5H2,1-3H3. The van der Waals surface area contributed by atoms with E-state index in [-0.39, 0.29) is 24.1 Å². The summed E-state index contributed by atoms with van der Waals surface area (Å²) in [5.74, 6) is -0.105. The summed E-state index contributed by atoms with van der Waals surface area (Å²) in [6.45, 7) is 6.46. The second-order valence-electron chi connectivity index (χ2n) is 3.32. The zero-order chi connectivity index (χ0) is 9.14. The molecule has 1 saturated heterocycles. The Kier molecular flexibility index (Phi) is 3.09. The number of carbonyl (C=O) groups excluding carboxylic acids is 1. The fraction of sp³-hybridized carbons (Fsp3) is 0.889. The first-order valence-corrected chi connectivity index (χ1v) is 4.47. The lowest BCUT2D eigenvalue weighted by atomic mass is 10.1. The van der Waals surface area contributed by atoms with Crippen molar-refractivity contribution in [2.45, 2.75) is 39.4 Å². The lowest BCUT2D eigenvalue weighted by Crippen LogP contribution is -2.24. The van der Waals surface area contributed by atoms with Crippen molar-refractivity contribution in [2.75, 3.05) is 6.61 Å². The molecule has 0 spiro atoms. The van der Waals surface area contributed by atoms with E-state index >= 15 is 0 Å². The summed E-state index contributed by atoms with van der Waals surface area (Å²) in [5, 5.41) is 0. The van der Waals surface area contributed by atoms with E-state index < -0.39 is 0 Å². The Morgan fingerprint density at radius 2 is 2.25 bits per heavy atom. The molecule has 1 aliphatic rings. The molecule has 0 radical (unpaired) electrons. The van der Waals surface area contributed by atoms with E-state index in [4.69, 9.17) is 9.47 Å². The molecule has 1 heterocycles. The van der Waals surface area contributed by atoms with E-state index in [1.165, 1.54) is 0 Å². The number of carbonyl (C=O) groups is 1. The molecular formula is C9H16O3. The van der Waals surface area contributed by atoms with E-state index in [1.807, 2.05) is 20.8 Å². The SMILES string of the molecule is CCC(C)C(=O)OC(C)C1CO1. The number of hydrogen-bond donors (Lipinski definition) is 0. The lowest BCUT2D eigenvalue weighted by molar-refractivity contribution is -0.153. The second-order valence-corrected chi connectivity index (χ2v) is 3.32. The van der Waals surface area contributed by atoms with Crippen molar-refractivity contribution in [3.63, 3.8) is 0 Å². The summed E-state index contributed by atoms with van der Waals surface area (Å²) in [5.41, 5.74) is 0. The van der Waals surface area contributed by atoms with Crippen LogP contribution in [-0.2, 0) is 14.3 Å². The van der Waals surface area contributed by atoms with Gasteiger partial charge < -0.3 is 9.47 Å². The van der Waals surface area contributed by atoms with Gasteiger partial charge in [0.2, 0.25) is 0 Å². The third kappa shape index (κ3) is 2.48. The highest BCUT2D eigenvalue weighted by Gasteiger charge is 2.32. The molecule has 3 heteroatoms. The van der Waals surface area contributed by atoms with Gasteiger partial charge in [-0.1, -0.05) is 13.8 Å². The predicted molar refractivity (Wildman–Crippen MR) is 44.7 cm³/mol. The lowest BCUT2D eigenvalue weighted by Gasteiger charge is -2.13. The van der Waals surface area contributed by atoms with Crippen LogP contribution in [0, 0.1) is 5.92 Å². The van der Waals surface area contributed by atoms with Crippen LogP contribution >= 0.6 is 0 Å². The molecule has 0 amide bonds. The van der Waals surface area contributed by atoms with Gasteiger partial charge in [-0.2, -0.15) is 0 Å². The van der Waals surface area contributed by atoms with Crippen molar-refractivity contribution >= 4 is 5.97 Å². The summed E-state index contributed by atoms with van der Waals surface area (Å²) < 4.78 is 10.2. The van der Waals surface area contributed by atoms with Gasteiger partial charge in [0.25, 0.3) is 0 Å². The molecule has 0 aromatic carbocycles. The van der Waals surface area contributed by atoms with Crippen LogP contribution < -0.4 is 0 Å². The van der Waals surface area contributed by atoms with Gasteiger partial charge in [-0.25, -0.2) is 0 Å². The number of esters is 1. The van der Waals surface area contributed by atoms with Gasteiger partial charge in [-0.05, 0) is 13.3 Å². The van der Waals surface area contributed by atoms with Crippen LogP contribution in [0.4, 0.5) is 0 Å². The average Bonchev–Trinajstić information content (AvgIpc) is 2.84. The third-order valence-electron chi connectivity index (χ3n) is 2.20. The van der Waals surface area contributed by atoms with Gasteiger partial charge >= 0.3 is 5.97 Å². The largest absolute Gasteiger partial charge is 0.460 e. The average molecular weight is 172 g/mol. The van der Waals surface area contributed by atoms with Crippen molar-refractivity contribution in [2.24, 2.45) is 5.92 Å². The van der Waals surface area contributed by atoms with Gasteiger partial charge in [0, 0.05) is 0 Å². The molecule has 0 N–H and O–H groups in total. The number of hydrogen-bond acceptors (Lipinski definition) is 3. The van der Waals surface area contributed by atoms with Crippen molar-refractivity contribution in [1.29, 1.82) is 0 Å². The fourth-order valence-corrected chi connectivity index (χ4v) is 0.868. The molecule has 70 valence electrons. The van der Waals surface area contributed by atoms with Crippen LogP contribution in [-0.4, -0.2) is 24.8 Å². The van der Waals surface area contributed by atoms with Crippen LogP contribution in [0.3, 0.4) is 0 Å². The Balaban J connectivity index is 2.24. The van der Waals surface area contributed by atoms with E-state index in [1.54, 1.807) is 0 Å². The highest BCUT2D eigenvalue weighted by atomic mass is 16.6. The van der Waals surface area contributed by atoms with Gasteiger partial charge in [-0.3, -0.25) is 4.79 Å². The Morgan fingerprint density at radius 3 is 2.67 bits per heavy atom. The summed E-state index contributed by atoms with van der Waals surface area (Å²) in [6, 6.07) is 0. The van der Waals surface area contributed by atoms with E-state index in [2.05, 4.69) is 0 Å². The summed E-state index contributed by atoms with van der Waals surface area (Å²) in [4.78, 5) is 11.2. The van der Waals surface area contributed by atoms with E-state index in [0.717, 1.165) is 13.0 Å². The zero-order valence-corrected chi connectivity index (χ0v) is 7.87. The topological polar surface area (TPSA) is 38.8 Å². The quantitative estimate of drug-likeness (QED) is 0.475. The molecule has 1 fully saturated rings. The van der Waals surface area contributed by atoms with Crippen molar-refractivity contribution in [3.05, 3.63) is 0 Å². The molecular weight excluding hydrogens is 156 g/mol. The molecule has 0 aromatic rings. The number of rotatable bonds is 4. The Hall–Kier alpha value is -0.570. The van der Waals surface area contributed by atoms with Gasteiger partial charge in [0.15, 0.2) is 0 Å². The summed E-state index contributed by atoms with van der Waals surface area (Å²) in [7, 11) is 0.